The van der Waals surface area contributed by atoms with Crippen molar-refractivity contribution in [2.24, 2.45) is 0 Å². The number of nitro groups is 1. The molecule has 0 saturated carbocycles. The van der Waals surface area contributed by atoms with Crippen LogP contribution in [0.15, 0.2) is 0 Å². The number of nitrogens with zero attached hydrogens (tertiary/aromatic N) is 4. The molecule has 0 bridgehead atoms. The Balaban J connectivity index is 6.12. The average molecular weight is 332 g/mol. The smallest absolute Gasteiger partial charge is 0.473 e. The Morgan fingerprint density at radius 2 is 1.79 bits per heavy atom. The number of hydrogen-bond donors (Lipinski definition) is 0. The zero-order valence-corrected chi connectivity index (χ0v) is 10.6. The molecule has 16 heteroatoms. The average Bonchev–Trinajstić information content (AvgIpc) is 2.23. The summed E-state index contributed by atoms with van der Waals surface area (Å²) in [5, 5.41) is 33.2. The summed E-state index contributed by atoms with van der Waals surface area (Å²) in [6.07, 6.45) is 0.435. The van der Waals surface area contributed by atoms with E-state index in [4.69, 9.17) is 10.5 Å². The molecule has 0 heterocycles. The number of hydrogen-bond acceptors (Lipinski definition) is 11. The highest BCUT2D eigenvalue weighted by molar-refractivity contribution is 8.65. The van der Waals surface area contributed by atoms with Crippen molar-refractivity contribution in [3.05, 3.63) is 10.1 Å². The summed E-state index contributed by atoms with van der Waals surface area (Å²) in [6.45, 7) is 0. The first-order valence-corrected chi connectivity index (χ1v) is 7.94. The lowest BCUT2D eigenvalue weighted by Crippen LogP contribution is -2.49. The van der Waals surface area contributed by atoms with Gasteiger partial charge in [-0.2, -0.15) is 16.8 Å². The summed E-state index contributed by atoms with van der Waals surface area (Å²) >= 11 is -3.38. The van der Waals surface area contributed by atoms with E-state index >= 15 is 0 Å². The molecule has 0 saturated heterocycles. The lowest BCUT2D eigenvalue weighted by atomic mass is 11.6. The molecule has 0 aliphatic rings. The normalized spacial score (nSPS) is 12.5. The summed E-state index contributed by atoms with van der Waals surface area (Å²) in [5.74, 6) is 0. The molecule has 0 N–H and O–H groups in total. The third-order valence-corrected chi connectivity index (χ3v) is 6.86. The van der Waals surface area contributed by atoms with Crippen molar-refractivity contribution in [1.29, 1.82) is 10.5 Å². The van der Waals surface area contributed by atoms with Crippen LogP contribution in [0.25, 0.3) is 0 Å². The lowest BCUT2D eigenvalue weighted by molar-refractivity contribution is -0.584. The lowest BCUT2D eigenvalue weighted by Gasteiger charge is -2.07. The van der Waals surface area contributed by atoms with Crippen molar-refractivity contribution < 1.29 is 36.0 Å². The van der Waals surface area contributed by atoms with E-state index in [0.29, 0.717) is 11.7 Å². The number of carbonyl (C=O) groups is 1. The summed E-state index contributed by atoms with van der Waals surface area (Å²) in [6, 6.07) is 0. The van der Waals surface area contributed by atoms with Crippen LogP contribution in [0.4, 0.5) is 4.79 Å². The van der Waals surface area contributed by atoms with E-state index in [9.17, 15) is 36.9 Å². The zero-order valence-electron chi connectivity index (χ0n) is 8.19. The second kappa shape index (κ2) is 5.56. The molecule has 0 amide bonds. The largest absolute Gasteiger partial charge is 0.501 e. The van der Waals surface area contributed by atoms with E-state index in [-0.39, 0.29) is 0 Å². The van der Waals surface area contributed by atoms with Gasteiger partial charge in [-0.1, -0.05) is 0 Å². The first-order valence-electron chi connectivity index (χ1n) is 3.40. The van der Waals surface area contributed by atoms with Crippen LogP contribution >= 0.6 is 0 Å². The Bertz CT molecular complexity index is 679. The van der Waals surface area contributed by atoms with Crippen LogP contribution in [-0.2, 0) is 33.5 Å². The van der Waals surface area contributed by atoms with Gasteiger partial charge >= 0.3 is 46.2 Å². The molecule has 0 aromatic heterocycles. The zero-order chi connectivity index (χ0) is 15.4. The van der Waals surface area contributed by atoms with Gasteiger partial charge in [-0.15, -0.1) is 10.5 Å². The topological polar surface area (TPSA) is 212 Å². The predicted octanol–water partition coefficient (Wildman–Crippen LogP) is -3.09. The molecule has 0 radical (unpaired) electrons. The molecule has 0 aliphatic carbocycles. The van der Waals surface area contributed by atoms with E-state index in [1.807, 2.05) is 0 Å². The molecule has 0 aromatic rings. The maximum atomic E-state index is 11.3. The Labute approximate surface area is 107 Å². The Hall–Kier alpha value is -2.30. The van der Waals surface area contributed by atoms with Gasteiger partial charge in [0.1, 0.15) is 0 Å². The standard InChI is InChI=1S/C3N4O9S3/c4-1-16-19(14,15)18(12,13)7(6(10)11)17(2-5)3(8)9. The van der Waals surface area contributed by atoms with Gasteiger partial charge in [0.25, 0.3) is 0 Å². The predicted molar refractivity (Wildman–Crippen MR) is 51.7 cm³/mol. The Morgan fingerprint density at radius 1 is 1.32 bits per heavy atom. The van der Waals surface area contributed by atoms with Crippen molar-refractivity contribution in [3.63, 3.8) is 0 Å². The summed E-state index contributed by atoms with van der Waals surface area (Å²) in [5.41, 5.74) is 0. The van der Waals surface area contributed by atoms with Crippen molar-refractivity contribution in [1.82, 2.24) is 3.82 Å². The fraction of sp³-hybridized carbons (Fsp3) is 0. The summed E-state index contributed by atoms with van der Waals surface area (Å²) in [4.78, 5) is 20.8. The van der Waals surface area contributed by atoms with Crippen molar-refractivity contribution >= 4 is 34.6 Å². The summed E-state index contributed by atoms with van der Waals surface area (Å²) < 4.78 is 46.2. The second-order valence-electron chi connectivity index (χ2n) is 2.11. The van der Waals surface area contributed by atoms with Crippen LogP contribution < -0.4 is 5.11 Å². The van der Waals surface area contributed by atoms with Crippen LogP contribution in [0.3, 0.4) is 0 Å². The monoisotopic (exact) mass is 332 g/mol. The highest BCUT2D eigenvalue weighted by atomic mass is 33.2. The highest BCUT2D eigenvalue weighted by Crippen LogP contribution is 2.18. The van der Waals surface area contributed by atoms with Gasteiger partial charge in [-0.05, 0) is 0 Å². The van der Waals surface area contributed by atoms with E-state index in [0.717, 1.165) is 0 Å². The molecule has 0 rings (SSSR count). The number of carboxylic acid groups (broad SMARTS) is 1. The summed E-state index contributed by atoms with van der Waals surface area (Å²) in [7, 11) is -12.0. The van der Waals surface area contributed by atoms with E-state index in [1.54, 1.807) is 0 Å². The maximum absolute atomic E-state index is 11.3. The van der Waals surface area contributed by atoms with Crippen LogP contribution in [0.5, 0.6) is 0 Å². The van der Waals surface area contributed by atoms with Gasteiger partial charge < -0.3 is 9.90 Å². The molecular formula is C3N4O9S3. The minimum atomic E-state index is -6.09. The van der Waals surface area contributed by atoms with Crippen LogP contribution in [0, 0.1) is 32.3 Å². The Morgan fingerprint density at radius 3 is 2.05 bits per heavy atom. The first kappa shape index (κ1) is 16.7. The third kappa shape index (κ3) is 3.13. The number of hydrazine groups is 1. The molecule has 1 atom stereocenters. The number of nitriles is 2. The van der Waals surface area contributed by atoms with Gasteiger partial charge in [0, 0.05) is 0 Å². The minimum Gasteiger partial charge on any atom is -0.501 e. The minimum absolute atomic E-state index is 0.435. The van der Waals surface area contributed by atoms with Gasteiger partial charge in [-0.25, -0.2) is 10.1 Å². The van der Waals surface area contributed by atoms with Gasteiger partial charge in [0.15, 0.2) is 0 Å². The SMILES string of the molecule is N#COS(=O)(=O)S(=O)(=O)N([N+](=O)[O-])[S+](C#N)C(=O)[O-]. The Kier molecular flexibility index (Phi) is 4.89. The highest BCUT2D eigenvalue weighted by Gasteiger charge is 2.60. The van der Waals surface area contributed by atoms with E-state index in [2.05, 4.69) is 4.18 Å². The third-order valence-electron chi connectivity index (χ3n) is 1.12. The molecule has 19 heavy (non-hydrogen) atoms. The van der Waals surface area contributed by atoms with Gasteiger partial charge in [0.05, 0.1) is 0 Å². The van der Waals surface area contributed by atoms with Gasteiger partial charge in [-0.3, -0.25) is 4.18 Å². The first-order chi connectivity index (χ1) is 8.52. The maximum Gasteiger partial charge on any atom is 0.473 e. The molecule has 0 aliphatic heterocycles. The number of rotatable bonds is 5. The molecule has 0 fully saturated rings. The van der Waals surface area contributed by atoms with Crippen molar-refractivity contribution in [2.75, 3.05) is 0 Å². The molecule has 1 unspecified atom stereocenters. The van der Waals surface area contributed by atoms with Crippen LogP contribution in [0.2, 0.25) is 0 Å². The number of carbonyl (C=O) groups excluding carboxylic acids is 1. The molecular weight excluding hydrogens is 332 g/mol. The van der Waals surface area contributed by atoms with E-state index in [1.165, 1.54) is 0 Å². The van der Waals surface area contributed by atoms with Gasteiger partial charge in [0.2, 0.25) is 8.85 Å². The fourth-order valence-corrected chi connectivity index (χ4v) is 4.66. The van der Waals surface area contributed by atoms with Crippen LogP contribution in [0.1, 0.15) is 0 Å². The van der Waals surface area contributed by atoms with Crippen molar-refractivity contribution in [2.45, 2.75) is 0 Å². The van der Waals surface area contributed by atoms with E-state index < -0.39 is 43.4 Å². The van der Waals surface area contributed by atoms with Crippen LogP contribution in [-0.4, -0.2) is 31.0 Å². The molecule has 104 valence electrons. The quantitative estimate of drug-likeness (QED) is 0.162. The second-order valence-corrected chi connectivity index (χ2v) is 8.45. The van der Waals surface area contributed by atoms with Crippen molar-refractivity contribution in [3.8, 4) is 11.7 Å². The molecule has 0 aromatic carbocycles. The molecule has 0 spiro atoms. The number of thiocyanates is 1. The molecule has 13 nitrogen and oxygen atoms in total. The fourth-order valence-electron chi connectivity index (χ4n) is 0.542.